The first kappa shape index (κ1) is 16.7. The number of hydrogen-bond acceptors (Lipinski definition) is 6. The van der Waals surface area contributed by atoms with Gasteiger partial charge in [-0.1, -0.05) is 0 Å². The van der Waals surface area contributed by atoms with E-state index in [0.29, 0.717) is 24.0 Å². The van der Waals surface area contributed by atoms with E-state index < -0.39 is 0 Å². The third-order valence-electron chi connectivity index (χ3n) is 4.40. The van der Waals surface area contributed by atoms with E-state index in [2.05, 4.69) is 15.2 Å². The number of rotatable bonds is 7. The van der Waals surface area contributed by atoms with Crippen molar-refractivity contribution in [2.24, 2.45) is 5.92 Å². The molecule has 2 aromatic rings. The van der Waals surface area contributed by atoms with Crippen LogP contribution < -0.4 is 5.32 Å². The lowest BCUT2D eigenvalue weighted by Gasteiger charge is -2.31. The van der Waals surface area contributed by atoms with Crippen LogP contribution in [0.5, 0.6) is 0 Å². The van der Waals surface area contributed by atoms with Crippen LogP contribution in [0, 0.1) is 5.92 Å². The summed E-state index contributed by atoms with van der Waals surface area (Å²) in [4.78, 5) is 18.8. The number of aromatic nitrogens is 1. The molecule has 0 aromatic carbocycles. The molecule has 0 atom stereocenters. The zero-order valence-corrected chi connectivity index (χ0v) is 13.9. The number of ether oxygens (including phenoxy) is 1. The minimum Gasteiger partial charge on any atom is -0.461 e. The number of carbonyl (C=O) groups is 1. The van der Waals surface area contributed by atoms with Crippen LogP contribution in [-0.2, 0) is 4.74 Å². The highest BCUT2D eigenvalue weighted by atomic mass is 16.5. The summed E-state index contributed by atoms with van der Waals surface area (Å²) in [6, 6.07) is 3.49. The number of methoxy groups -OCH3 is 1. The molecule has 1 N–H and O–H groups in total. The minimum atomic E-state index is -0.225. The van der Waals surface area contributed by atoms with Crippen molar-refractivity contribution in [3.05, 3.63) is 30.5 Å². The molecule has 3 heterocycles. The number of nitrogens with one attached hydrogen (secondary N) is 1. The Morgan fingerprint density at radius 2 is 2.25 bits per heavy atom. The van der Waals surface area contributed by atoms with Crippen molar-refractivity contribution in [2.45, 2.75) is 12.8 Å². The maximum atomic E-state index is 12.4. The van der Waals surface area contributed by atoms with Crippen molar-refractivity contribution >= 4 is 5.91 Å². The van der Waals surface area contributed by atoms with Crippen LogP contribution in [0.3, 0.4) is 0 Å². The molecule has 7 nitrogen and oxygen atoms in total. The second-order valence-electron chi connectivity index (χ2n) is 6.00. The molecule has 1 saturated heterocycles. The number of nitrogens with zero attached hydrogens (tertiary/aromatic N) is 2. The van der Waals surface area contributed by atoms with E-state index in [1.54, 1.807) is 19.2 Å². The topological polar surface area (TPSA) is 80.7 Å². The van der Waals surface area contributed by atoms with Gasteiger partial charge < -0.3 is 23.8 Å². The SMILES string of the molecule is COCCN1CCC(CNC(=O)c2ncoc2-c2ccco2)CC1. The van der Waals surface area contributed by atoms with E-state index in [9.17, 15) is 4.79 Å². The van der Waals surface area contributed by atoms with Crippen molar-refractivity contribution in [3.8, 4) is 11.5 Å². The first-order valence-corrected chi connectivity index (χ1v) is 8.24. The smallest absolute Gasteiger partial charge is 0.274 e. The highest BCUT2D eigenvalue weighted by Crippen LogP contribution is 2.23. The summed E-state index contributed by atoms with van der Waals surface area (Å²) < 4.78 is 15.7. The van der Waals surface area contributed by atoms with Crippen molar-refractivity contribution < 1.29 is 18.4 Å². The van der Waals surface area contributed by atoms with E-state index in [1.165, 1.54) is 12.7 Å². The first-order valence-electron chi connectivity index (χ1n) is 8.24. The van der Waals surface area contributed by atoms with E-state index in [4.69, 9.17) is 13.6 Å². The average Bonchev–Trinajstić information content (AvgIpc) is 3.29. The minimum absolute atomic E-state index is 0.225. The number of likely N-dealkylation sites (tertiary alicyclic amines) is 1. The van der Waals surface area contributed by atoms with Gasteiger partial charge in [0.05, 0.1) is 12.9 Å². The van der Waals surface area contributed by atoms with Gasteiger partial charge in [0.25, 0.3) is 5.91 Å². The molecule has 1 amide bonds. The maximum Gasteiger partial charge on any atom is 0.274 e. The fourth-order valence-corrected chi connectivity index (χ4v) is 2.95. The van der Waals surface area contributed by atoms with Gasteiger partial charge in [-0.3, -0.25) is 4.79 Å². The second kappa shape index (κ2) is 8.12. The number of oxazole rings is 1. The Morgan fingerprint density at radius 3 is 2.96 bits per heavy atom. The largest absolute Gasteiger partial charge is 0.461 e. The zero-order valence-electron chi connectivity index (χ0n) is 13.9. The van der Waals surface area contributed by atoms with Gasteiger partial charge in [0, 0.05) is 20.2 Å². The Morgan fingerprint density at radius 1 is 1.42 bits per heavy atom. The quantitative estimate of drug-likeness (QED) is 0.835. The van der Waals surface area contributed by atoms with E-state index in [1.807, 2.05) is 0 Å². The summed E-state index contributed by atoms with van der Waals surface area (Å²) >= 11 is 0. The van der Waals surface area contributed by atoms with Gasteiger partial charge >= 0.3 is 0 Å². The molecule has 2 aromatic heterocycles. The summed E-state index contributed by atoms with van der Waals surface area (Å²) in [7, 11) is 1.73. The normalized spacial score (nSPS) is 16.4. The first-order chi connectivity index (χ1) is 11.8. The van der Waals surface area contributed by atoms with Crippen molar-refractivity contribution in [1.29, 1.82) is 0 Å². The molecule has 0 radical (unpaired) electrons. The number of furan rings is 1. The number of piperidine rings is 1. The van der Waals surface area contributed by atoms with Gasteiger partial charge in [0.2, 0.25) is 5.76 Å². The van der Waals surface area contributed by atoms with Gasteiger partial charge in [-0.05, 0) is 44.0 Å². The number of carbonyl (C=O) groups excluding carboxylic acids is 1. The molecule has 0 saturated carbocycles. The van der Waals surface area contributed by atoms with Crippen molar-refractivity contribution in [1.82, 2.24) is 15.2 Å². The van der Waals surface area contributed by atoms with Crippen LogP contribution in [0.15, 0.2) is 33.6 Å². The maximum absolute atomic E-state index is 12.4. The molecule has 0 aliphatic carbocycles. The van der Waals surface area contributed by atoms with E-state index >= 15 is 0 Å². The molecule has 24 heavy (non-hydrogen) atoms. The molecule has 0 bridgehead atoms. The summed E-state index contributed by atoms with van der Waals surface area (Å²) in [5.41, 5.74) is 0.266. The predicted molar refractivity (Wildman–Crippen MR) is 87.6 cm³/mol. The molecule has 3 rings (SSSR count). The predicted octanol–water partition coefficient (Wildman–Crippen LogP) is 2.02. The number of amides is 1. The monoisotopic (exact) mass is 333 g/mol. The molecule has 1 aliphatic rings. The molecule has 0 spiro atoms. The van der Waals surface area contributed by atoms with Crippen LogP contribution in [0.25, 0.3) is 11.5 Å². The van der Waals surface area contributed by atoms with E-state index in [-0.39, 0.29) is 11.6 Å². The van der Waals surface area contributed by atoms with Gasteiger partial charge in [-0.15, -0.1) is 0 Å². The van der Waals surface area contributed by atoms with Crippen LogP contribution in [0.1, 0.15) is 23.3 Å². The Bertz CT molecular complexity index is 630. The van der Waals surface area contributed by atoms with Crippen LogP contribution in [0.2, 0.25) is 0 Å². The lowest BCUT2D eigenvalue weighted by Crippen LogP contribution is -2.40. The van der Waals surface area contributed by atoms with Crippen molar-refractivity contribution in [2.75, 3.05) is 39.9 Å². The highest BCUT2D eigenvalue weighted by Gasteiger charge is 2.23. The molecule has 1 fully saturated rings. The van der Waals surface area contributed by atoms with Gasteiger partial charge in [-0.2, -0.15) is 0 Å². The summed E-state index contributed by atoms with van der Waals surface area (Å²) in [5.74, 6) is 1.14. The standard InChI is InChI=1S/C17H23N3O4/c1-22-10-8-20-6-4-13(5-7-20)11-18-17(21)15-16(24-12-19-15)14-3-2-9-23-14/h2-3,9,12-13H,4-8,10-11H2,1H3,(H,18,21). The van der Waals surface area contributed by atoms with Gasteiger partial charge in [-0.25, -0.2) is 4.98 Å². The Balaban J connectivity index is 1.48. The third-order valence-corrected chi connectivity index (χ3v) is 4.40. The van der Waals surface area contributed by atoms with Crippen LogP contribution in [-0.4, -0.2) is 55.7 Å². The summed E-state index contributed by atoms with van der Waals surface area (Å²) in [6.45, 7) is 4.49. The summed E-state index contributed by atoms with van der Waals surface area (Å²) in [5, 5.41) is 2.97. The molecular formula is C17H23N3O4. The molecule has 1 aliphatic heterocycles. The molecular weight excluding hydrogens is 310 g/mol. The Kier molecular flexibility index (Phi) is 5.66. The van der Waals surface area contributed by atoms with Gasteiger partial charge in [0.15, 0.2) is 17.8 Å². The summed E-state index contributed by atoms with van der Waals surface area (Å²) in [6.07, 6.45) is 4.96. The van der Waals surface area contributed by atoms with Gasteiger partial charge in [0.1, 0.15) is 0 Å². The van der Waals surface area contributed by atoms with Crippen molar-refractivity contribution in [3.63, 3.8) is 0 Å². The van der Waals surface area contributed by atoms with Crippen LogP contribution in [0.4, 0.5) is 0 Å². The fraction of sp³-hybridized carbons (Fsp3) is 0.529. The van der Waals surface area contributed by atoms with E-state index in [0.717, 1.165) is 39.1 Å². The lowest BCUT2D eigenvalue weighted by molar-refractivity contribution is 0.0921. The molecule has 0 unspecified atom stereocenters. The van der Waals surface area contributed by atoms with Crippen LogP contribution >= 0.6 is 0 Å². The lowest BCUT2D eigenvalue weighted by atomic mass is 9.97. The zero-order chi connectivity index (χ0) is 16.8. The third kappa shape index (κ3) is 4.04. The number of hydrogen-bond donors (Lipinski definition) is 1. The highest BCUT2D eigenvalue weighted by molar-refractivity contribution is 5.97. The Hall–Kier alpha value is -2.12. The average molecular weight is 333 g/mol. The molecule has 130 valence electrons. The molecule has 7 heteroatoms. The fourth-order valence-electron chi connectivity index (χ4n) is 2.95. The Labute approximate surface area is 141 Å². The second-order valence-corrected chi connectivity index (χ2v) is 6.00.